The highest BCUT2D eigenvalue weighted by Gasteiger charge is 2.16. The summed E-state index contributed by atoms with van der Waals surface area (Å²) in [6, 6.07) is 5.37. The number of hydrogen-bond acceptors (Lipinski definition) is 3. The van der Waals surface area contributed by atoms with Crippen molar-refractivity contribution in [1.82, 2.24) is 5.32 Å². The molecule has 1 aromatic rings. The molecule has 4 heteroatoms. The third-order valence-electron chi connectivity index (χ3n) is 2.51. The molecule has 0 heterocycles. The van der Waals surface area contributed by atoms with Gasteiger partial charge in [0.15, 0.2) is 0 Å². The zero-order valence-electron chi connectivity index (χ0n) is 10.4. The van der Waals surface area contributed by atoms with E-state index in [1.165, 1.54) is 0 Å². The highest BCUT2D eigenvalue weighted by Crippen LogP contribution is 2.25. The molecule has 0 fully saturated rings. The van der Waals surface area contributed by atoms with Crippen LogP contribution < -0.4 is 11.1 Å². The molecule has 0 saturated carbocycles. The molecule has 0 radical (unpaired) electrons. The first-order chi connectivity index (χ1) is 7.86. The average molecular weight is 234 g/mol. The van der Waals surface area contributed by atoms with Gasteiger partial charge in [-0.2, -0.15) is 0 Å². The van der Waals surface area contributed by atoms with Crippen molar-refractivity contribution in [3.8, 4) is 0 Å². The number of carbonyl (C=O) groups excluding carboxylic acids is 2. The van der Waals surface area contributed by atoms with Crippen molar-refractivity contribution < 1.29 is 9.59 Å². The van der Waals surface area contributed by atoms with Crippen molar-refractivity contribution in [3.63, 3.8) is 0 Å². The number of rotatable bonds is 3. The lowest BCUT2D eigenvalue weighted by molar-refractivity contribution is -0.107. The second-order valence-corrected chi connectivity index (χ2v) is 4.93. The Morgan fingerprint density at radius 2 is 2.06 bits per heavy atom. The molecule has 0 bridgehead atoms. The Bertz CT molecular complexity index is 434. The van der Waals surface area contributed by atoms with Crippen LogP contribution in [-0.2, 0) is 10.2 Å². The molecule has 1 aromatic carbocycles. The van der Waals surface area contributed by atoms with Gasteiger partial charge in [0.25, 0.3) is 5.91 Å². The minimum Gasteiger partial charge on any atom is -0.398 e. The average Bonchev–Trinajstić information content (AvgIpc) is 2.24. The van der Waals surface area contributed by atoms with Crippen LogP contribution in [0, 0.1) is 0 Å². The van der Waals surface area contributed by atoms with E-state index >= 15 is 0 Å². The molecular formula is C13H18N2O2. The van der Waals surface area contributed by atoms with Gasteiger partial charge in [0, 0.05) is 5.69 Å². The van der Waals surface area contributed by atoms with Crippen LogP contribution >= 0.6 is 0 Å². The van der Waals surface area contributed by atoms with Crippen molar-refractivity contribution in [3.05, 3.63) is 29.3 Å². The second-order valence-electron chi connectivity index (χ2n) is 4.93. The molecule has 1 rings (SSSR count). The number of carbonyl (C=O) groups is 2. The molecule has 4 nitrogen and oxygen atoms in total. The second kappa shape index (κ2) is 4.99. The van der Waals surface area contributed by atoms with Crippen LogP contribution in [0.25, 0.3) is 0 Å². The standard InChI is InChI=1S/C13H18N2O2/c1-13(2,3)9-4-5-10(11(14)8-9)12(17)15-6-7-16/h4-5,7-8H,6,14H2,1-3H3,(H,15,17). The normalized spacial score (nSPS) is 11.0. The van der Waals surface area contributed by atoms with Gasteiger partial charge in [0.2, 0.25) is 0 Å². The van der Waals surface area contributed by atoms with Gasteiger partial charge in [-0.3, -0.25) is 4.79 Å². The molecule has 1 amide bonds. The predicted molar refractivity (Wildman–Crippen MR) is 68.0 cm³/mol. The van der Waals surface area contributed by atoms with Crippen LogP contribution in [0.1, 0.15) is 36.7 Å². The maximum absolute atomic E-state index is 11.6. The summed E-state index contributed by atoms with van der Waals surface area (Å²) in [5.74, 6) is -0.324. The van der Waals surface area contributed by atoms with E-state index in [1.54, 1.807) is 12.1 Å². The number of amides is 1. The summed E-state index contributed by atoms with van der Waals surface area (Å²) in [6.07, 6.45) is 0.637. The number of nitrogens with one attached hydrogen (secondary N) is 1. The minimum atomic E-state index is -0.324. The highest BCUT2D eigenvalue weighted by atomic mass is 16.2. The molecule has 0 unspecified atom stereocenters. The lowest BCUT2D eigenvalue weighted by Gasteiger charge is -2.20. The molecule has 0 aliphatic rings. The molecule has 0 aliphatic carbocycles. The Labute approximate surface area is 101 Å². The SMILES string of the molecule is CC(C)(C)c1ccc(C(=O)NCC=O)c(N)c1. The molecule has 0 aliphatic heterocycles. The molecule has 92 valence electrons. The Balaban J connectivity index is 2.98. The van der Waals surface area contributed by atoms with Crippen LogP contribution in [0.2, 0.25) is 0 Å². The van der Waals surface area contributed by atoms with Gasteiger partial charge in [-0.1, -0.05) is 26.8 Å². The number of hydrogen-bond donors (Lipinski definition) is 2. The van der Waals surface area contributed by atoms with E-state index in [1.807, 2.05) is 6.07 Å². The minimum absolute atomic E-state index is 0.000699. The van der Waals surface area contributed by atoms with E-state index < -0.39 is 0 Å². The Morgan fingerprint density at radius 1 is 1.41 bits per heavy atom. The summed E-state index contributed by atoms with van der Waals surface area (Å²) >= 11 is 0. The van der Waals surface area contributed by atoms with Gasteiger partial charge < -0.3 is 15.8 Å². The van der Waals surface area contributed by atoms with E-state index in [0.29, 0.717) is 17.5 Å². The van der Waals surface area contributed by atoms with Crippen LogP contribution in [0.15, 0.2) is 18.2 Å². The summed E-state index contributed by atoms with van der Waals surface area (Å²) in [4.78, 5) is 21.8. The number of aldehydes is 1. The zero-order valence-corrected chi connectivity index (χ0v) is 10.4. The van der Waals surface area contributed by atoms with E-state index in [2.05, 4.69) is 26.1 Å². The van der Waals surface area contributed by atoms with Gasteiger partial charge in [0.05, 0.1) is 12.1 Å². The van der Waals surface area contributed by atoms with Gasteiger partial charge in [0.1, 0.15) is 6.29 Å². The Kier molecular flexibility index (Phi) is 3.89. The topological polar surface area (TPSA) is 72.2 Å². The van der Waals surface area contributed by atoms with Crippen LogP contribution in [0.5, 0.6) is 0 Å². The molecule has 0 spiro atoms. The number of nitrogen functional groups attached to an aromatic ring is 1. The largest absolute Gasteiger partial charge is 0.398 e. The molecule has 0 aromatic heterocycles. The quantitative estimate of drug-likeness (QED) is 0.615. The third-order valence-corrected chi connectivity index (χ3v) is 2.51. The molecule has 17 heavy (non-hydrogen) atoms. The van der Waals surface area contributed by atoms with E-state index in [9.17, 15) is 9.59 Å². The summed E-state index contributed by atoms with van der Waals surface area (Å²) < 4.78 is 0. The predicted octanol–water partition coefficient (Wildman–Crippen LogP) is 1.50. The fourth-order valence-electron chi connectivity index (χ4n) is 1.47. The fraction of sp³-hybridized carbons (Fsp3) is 0.385. The van der Waals surface area contributed by atoms with E-state index in [0.717, 1.165) is 5.56 Å². The van der Waals surface area contributed by atoms with Gasteiger partial charge >= 0.3 is 0 Å². The van der Waals surface area contributed by atoms with Crippen molar-refractivity contribution in [2.24, 2.45) is 0 Å². The fourth-order valence-corrected chi connectivity index (χ4v) is 1.47. The van der Waals surface area contributed by atoms with Crippen molar-refractivity contribution in [2.45, 2.75) is 26.2 Å². The maximum atomic E-state index is 11.6. The maximum Gasteiger partial charge on any atom is 0.253 e. The molecule has 0 atom stereocenters. The highest BCUT2D eigenvalue weighted by molar-refractivity contribution is 5.99. The molecule has 3 N–H and O–H groups in total. The monoisotopic (exact) mass is 234 g/mol. The summed E-state index contributed by atoms with van der Waals surface area (Å²) in [5.41, 5.74) is 7.74. The third kappa shape index (κ3) is 3.31. The van der Waals surface area contributed by atoms with Crippen LogP contribution in [0.4, 0.5) is 5.69 Å². The van der Waals surface area contributed by atoms with Crippen LogP contribution in [-0.4, -0.2) is 18.7 Å². The van der Waals surface area contributed by atoms with Crippen LogP contribution in [0.3, 0.4) is 0 Å². The lowest BCUT2D eigenvalue weighted by atomic mass is 9.86. The summed E-state index contributed by atoms with van der Waals surface area (Å²) in [6.45, 7) is 6.23. The number of nitrogens with two attached hydrogens (primary N) is 1. The summed E-state index contributed by atoms with van der Waals surface area (Å²) in [7, 11) is 0. The first kappa shape index (κ1) is 13.2. The van der Waals surface area contributed by atoms with Crippen molar-refractivity contribution >= 4 is 17.9 Å². The first-order valence-corrected chi connectivity index (χ1v) is 5.48. The summed E-state index contributed by atoms with van der Waals surface area (Å²) in [5, 5.41) is 2.46. The zero-order chi connectivity index (χ0) is 13.1. The Morgan fingerprint density at radius 3 is 2.53 bits per heavy atom. The van der Waals surface area contributed by atoms with E-state index in [-0.39, 0.29) is 17.9 Å². The smallest absolute Gasteiger partial charge is 0.253 e. The van der Waals surface area contributed by atoms with Crippen molar-refractivity contribution in [2.75, 3.05) is 12.3 Å². The molecular weight excluding hydrogens is 216 g/mol. The van der Waals surface area contributed by atoms with Gasteiger partial charge in [-0.25, -0.2) is 0 Å². The van der Waals surface area contributed by atoms with Gasteiger partial charge in [-0.15, -0.1) is 0 Å². The van der Waals surface area contributed by atoms with Gasteiger partial charge in [-0.05, 0) is 23.1 Å². The van der Waals surface area contributed by atoms with Crippen molar-refractivity contribution in [1.29, 1.82) is 0 Å². The first-order valence-electron chi connectivity index (χ1n) is 5.48. The number of anilines is 1. The van der Waals surface area contributed by atoms with E-state index in [4.69, 9.17) is 5.73 Å². The Hall–Kier alpha value is -1.84. The molecule has 0 saturated heterocycles. The number of benzene rings is 1. The lowest BCUT2D eigenvalue weighted by Crippen LogP contribution is -2.26.